The first kappa shape index (κ1) is 25.3. The molecule has 160 valence electrons. The predicted octanol–water partition coefficient (Wildman–Crippen LogP) is 3.03. The molecule has 0 saturated carbocycles. The Bertz CT molecular complexity index is 598. The van der Waals surface area contributed by atoms with Crippen molar-refractivity contribution in [2.75, 3.05) is 59.6 Å². The quantitative estimate of drug-likeness (QED) is 0.295. The molecule has 1 aromatic rings. The minimum Gasteiger partial charge on any atom is -0.497 e. The lowest BCUT2D eigenvalue weighted by Crippen LogP contribution is -2.40. The van der Waals surface area contributed by atoms with Gasteiger partial charge in [-0.1, -0.05) is 24.6 Å². The van der Waals surface area contributed by atoms with E-state index < -0.39 is 0 Å². The van der Waals surface area contributed by atoms with Gasteiger partial charge in [-0.15, -0.1) is 24.0 Å². The van der Waals surface area contributed by atoms with Crippen LogP contribution in [0.5, 0.6) is 5.75 Å². The largest absolute Gasteiger partial charge is 0.497 e. The summed E-state index contributed by atoms with van der Waals surface area (Å²) < 4.78 is 10.6. The van der Waals surface area contributed by atoms with E-state index in [-0.39, 0.29) is 24.0 Å². The summed E-state index contributed by atoms with van der Waals surface area (Å²) in [5.41, 5.74) is 1.10. The molecule has 1 fully saturated rings. The fraction of sp³-hybridized carbons (Fsp3) is 0.650. The number of nitrogens with zero attached hydrogens (tertiary/aromatic N) is 2. The van der Waals surface area contributed by atoms with Gasteiger partial charge in [-0.3, -0.25) is 9.89 Å². The van der Waals surface area contributed by atoms with Crippen molar-refractivity contribution in [1.82, 2.24) is 15.5 Å². The maximum absolute atomic E-state index is 6.31. The molecule has 0 radical (unpaired) electrons. The normalized spacial score (nSPS) is 16.2. The standard InChI is InChI=1S/C20H33ClN4O2.HI/c1-4-22-20(24-14-16(2)15-25-9-11-27-12-10-25)23-8-7-17-5-6-18(26-3)13-19(17)21;/h5-6,13,16H,4,7-12,14-15H2,1-3H3,(H2,22,23,24);1H. The Kier molecular flexibility index (Phi) is 12.9. The Morgan fingerprint density at radius 3 is 2.71 bits per heavy atom. The van der Waals surface area contributed by atoms with Gasteiger partial charge in [-0.05, 0) is 37.0 Å². The highest BCUT2D eigenvalue weighted by Crippen LogP contribution is 2.22. The predicted molar refractivity (Wildman–Crippen MR) is 128 cm³/mol. The third-order valence-corrected chi connectivity index (χ3v) is 4.88. The van der Waals surface area contributed by atoms with Crippen molar-refractivity contribution in [3.05, 3.63) is 28.8 Å². The van der Waals surface area contributed by atoms with Gasteiger partial charge in [0.1, 0.15) is 5.75 Å². The minimum absolute atomic E-state index is 0. The van der Waals surface area contributed by atoms with Gasteiger partial charge in [0, 0.05) is 44.3 Å². The topological polar surface area (TPSA) is 58.1 Å². The molecular formula is C20H34ClIN4O2. The molecular weight excluding hydrogens is 491 g/mol. The zero-order valence-corrected chi connectivity index (χ0v) is 20.3. The second-order valence-corrected chi connectivity index (χ2v) is 7.28. The number of hydrogen-bond donors (Lipinski definition) is 2. The van der Waals surface area contributed by atoms with E-state index in [0.29, 0.717) is 5.92 Å². The summed E-state index contributed by atoms with van der Waals surface area (Å²) >= 11 is 6.31. The lowest BCUT2D eigenvalue weighted by atomic mass is 10.1. The molecule has 1 aromatic carbocycles. The molecule has 0 aromatic heterocycles. The van der Waals surface area contributed by atoms with Crippen molar-refractivity contribution in [3.63, 3.8) is 0 Å². The number of guanidine groups is 1. The minimum atomic E-state index is 0. The van der Waals surface area contributed by atoms with E-state index in [0.717, 1.165) is 81.2 Å². The van der Waals surface area contributed by atoms with Crippen molar-refractivity contribution in [2.45, 2.75) is 20.3 Å². The molecule has 8 heteroatoms. The van der Waals surface area contributed by atoms with E-state index in [1.165, 1.54) is 0 Å². The third-order valence-electron chi connectivity index (χ3n) is 4.53. The first-order valence-corrected chi connectivity index (χ1v) is 10.1. The molecule has 6 nitrogen and oxygen atoms in total. The van der Waals surface area contributed by atoms with Gasteiger partial charge >= 0.3 is 0 Å². The van der Waals surface area contributed by atoms with Crippen LogP contribution in [0.3, 0.4) is 0 Å². The fourth-order valence-corrected chi connectivity index (χ4v) is 3.31. The summed E-state index contributed by atoms with van der Waals surface area (Å²) in [5.74, 6) is 2.14. The van der Waals surface area contributed by atoms with Gasteiger partial charge in [0.15, 0.2) is 5.96 Å². The zero-order valence-electron chi connectivity index (χ0n) is 17.2. The molecule has 0 amide bonds. The van der Waals surface area contributed by atoms with E-state index in [1.807, 2.05) is 18.2 Å². The maximum atomic E-state index is 6.31. The summed E-state index contributed by atoms with van der Waals surface area (Å²) in [5, 5.41) is 7.45. The number of nitrogens with one attached hydrogen (secondary N) is 2. The number of hydrogen-bond acceptors (Lipinski definition) is 4. The highest BCUT2D eigenvalue weighted by molar-refractivity contribution is 14.0. The van der Waals surface area contributed by atoms with Crippen LogP contribution in [0.15, 0.2) is 23.2 Å². The van der Waals surface area contributed by atoms with E-state index >= 15 is 0 Å². The fourth-order valence-electron chi connectivity index (χ4n) is 3.04. The Labute approximate surface area is 191 Å². The summed E-state index contributed by atoms with van der Waals surface area (Å²) in [6, 6.07) is 5.80. The van der Waals surface area contributed by atoms with Crippen LogP contribution in [0.1, 0.15) is 19.4 Å². The van der Waals surface area contributed by atoms with Crippen LogP contribution in [-0.2, 0) is 11.2 Å². The van der Waals surface area contributed by atoms with Crippen molar-refractivity contribution >= 4 is 41.5 Å². The first-order chi connectivity index (χ1) is 13.1. The zero-order chi connectivity index (χ0) is 19.5. The molecule has 0 bridgehead atoms. The van der Waals surface area contributed by atoms with Gasteiger partial charge in [-0.25, -0.2) is 0 Å². The van der Waals surface area contributed by atoms with Crippen LogP contribution in [0.4, 0.5) is 0 Å². The summed E-state index contributed by atoms with van der Waals surface area (Å²) in [6.07, 6.45) is 0.830. The van der Waals surface area contributed by atoms with Crippen LogP contribution in [0.2, 0.25) is 5.02 Å². The van der Waals surface area contributed by atoms with Gasteiger partial charge < -0.3 is 20.1 Å². The third kappa shape index (κ3) is 9.15. The van der Waals surface area contributed by atoms with E-state index in [2.05, 4.69) is 29.4 Å². The smallest absolute Gasteiger partial charge is 0.191 e. The average Bonchev–Trinajstić information content (AvgIpc) is 2.68. The van der Waals surface area contributed by atoms with Gasteiger partial charge in [0.25, 0.3) is 0 Å². The van der Waals surface area contributed by atoms with Crippen LogP contribution in [-0.4, -0.2) is 70.5 Å². The second-order valence-electron chi connectivity index (χ2n) is 6.87. The van der Waals surface area contributed by atoms with Crippen molar-refractivity contribution < 1.29 is 9.47 Å². The number of methoxy groups -OCH3 is 1. The summed E-state index contributed by atoms with van der Waals surface area (Å²) in [6.45, 7) is 11.5. The molecule has 1 atom stereocenters. The van der Waals surface area contributed by atoms with Gasteiger partial charge in [0.05, 0.1) is 20.3 Å². The molecule has 2 rings (SSSR count). The number of rotatable bonds is 9. The average molecular weight is 525 g/mol. The van der Waals surface area contributed by atoms with E-state index in [1.54, 1.807) is 7.11 Å². The SMILES string of the molecule is CCNC(=NCC(C)CN1CCOCC1)NCCc1ccc(OC)cc1Cl.I. The molecule has 2 N–H and O–H groups in total. The molecule has 0 spiro atoms. The van der Waals surface area contributed by atoms with Crippen molar-refractivity contribution in [2.24, 2.45) is 10.9 Å². The lowest BCUT2D eigenvalue weighted by molar-refractivity contribution is 0.0323. The highest BCUT2D eigenvalue weighted by Gasteiger charge is 2.13. The molecule has 1 aliphatic heterocycles. The van der Waals surface area contributed by atoms with Gasteiger partial charge in [-0.2, -0.15) is 0 Å². The van der Waals surface area contributed by atoms with Crippen molar-refractivity contribution in [1.29, 1.82) is 0 Å². The van der Waals surface area contributed by atoms with E-state index in [4.69, 9.17) is 26.1 Å². The van der Waals surface area contributed by atoms with E-state index in [9.17, 15) is 0 Å². The Morgan fingerprint density at radius 2 is 2.07 bits per heavy atom. The number of benzene rings is 1. The Morgan fingerprint density at radius 1 is 1.32 bits per heavy atom. The summed E-state index contributed by atoms with van der Waals surface area (Å²) in [4.78, 5) is 7.20. The highest BCUT2D eigenvalue weighted by atomic mass is 127. The van der Waals surface area contributed by atoms with Crippen molar-refractivity contribution in [3.8, 4) is 5.75 Å². The van der Waals surface area contributed by atoms with Crippen LogP contribution >= 0.6 is 35.6 Å². The number of ether oxygens (including phenoxy) is 2. The number of halogens is 2. The van der Waals surface area contributed by atoms with Crippen LogP contribution in [0.25, 0.3) is 0 Å². The number of morpholine rings is 1. The monoisotopic (exact) mass is 524 g/mol. The Balaban J connectivity index is 0.00000392. The van der Waals surface area contributed by atoms with Crippen LogP contribution in [0, 0.1) is 5.92 Å². The first-order valence-electron chi connectivity index (χ1n) is 9.77. The van der Waals surface area contributed by atoms with Crippen LogP contribution < -0.4 is 15.4 Å². The summed E-state index contributed by atoms with van der Waals surface area (Å²) in [7, 11) is 1.64. The maximum Gasteiger partial charge on any atom is 0.191 e. The molecule has 1 heterocycles. The molecule has 28 heavy (non-hydrogen) atoms. The molecule has 0 aliphatic carbocycles. The molecule has 1 saturated heterocycles. The lowest BCUT2D eigenvalue weighted by Gasteiger charge is -2.28. The number of aliphatic imine (C=N–C) groups is 1. The molecule has 1 unspecified atom stereocenters. The molecule has 1 aliphatic rings. The Hall–Kier alpha value is -0.770. The van der Waals surface area contributed by atoms with Gasteiger partial charge in [0.2, 0.25) is 0 Å². The second kappa shape index (κ2) is 14.3.